The van der Waals surface area contributed by atoms with Crippen molar-refractivity contribution in [2.45, 2.75) is 45.7 Å². The van der Waals surface area contributed by atoms with Crippen LogP contribution in [0.1, 0.15) is 50.7 Å². The number of halogens is 5. The molecule has 0 radical (unpaired) electrons. The molecule has 0 aromatic heterocycles. The van der Waals surface area contributed by atoms with Gasteiger partial charge in [0.2, 0.25) is 0 Å². The molecule has 0 saturated heterocycles. The monoisotopic (exact) mass is 506 g/mol. The van der Waals surface area contributed by atoms with Gasteiger partial charge in [0.15, 0.2) is 5.78 Å². The van der Waals surface area contributed by atoms with Crippen LogP contribution in [0.4, 0.5) is 23.2 Å². The quantitative estimate of drug-likeness (QED) is 0.453. The number of ketones is 1. The van der Waals surface area contributed by atoms with Crippen molar-refractivity contribution in [1.29, 1.82) is 0 Å². The van der Waals surface area contributed by atoms with Crippen molar-refractivity contribution in [3.8, 4) is 0 Å². The van der Waals surface area contributed by atoms with Gasteiger partial charge in [0.25, 0.3) is 5.91 Å². The van der Waals surface area contributed by atoms with Crippen LogP contribution in [-0.4, -0.2) is 11.7 Å². The van der Waals surface area contributed by atoms with Crippen LogP contribution in [0.2, 0.25) is 5.02 Å². The van der Waals surface area contributed by atoms with Gasteiger partial charge in [-0.3, -0.25) is 9.59 Å². The number of rotatable bonds is 3. The molecule has 9 heteroatoms. The summed E-state index contributed by atoms with van der Waals surface area (Å²) in [7, 11) is 0. The minimum atomic E-state index is -4.62. The van der Waals surface area contributed by atoms with Crippen molar-refractivity contribution in [3.63, 3.8) is 0 Å². The van der Waals surface area contributed by atoms with E-state index in [1.807, 2.05) is 13.8 Å². The Hall–Kier alpha value is -3.13. The lowest BCUT2D eigenvalue weighted by Crippen LogP contribution is -2.39. The molecule has 2 aromatic carbocycles. The van der Waals surface area contributed by atoms with E-state index in [1.165, 1.54) is 24.3 Å². The normalized spacial score (nSPS) is 19.9. The molecule has 1 aliphatic heterocycles. The van der Waals surface area contributed by atoms with Crippen LogP contribution in [0, 0.1) is 11.2 Å². The van der Waals surface area contributed by atoms with Crippen molar-refractivity contribution < 1.29 is 27.2 Å². The van der Waals surface area contributed by atoms with Crippen molar-refractivity contribution in [2.24, 2.45) is 5.41 Å². The molecule has 4 nitrogen and oxygen atoms in total. The molecule has 1 amide bonds. The van der Waals surface area contributed by atoms with Crippen molar-refractivity contribution in [3.05, 3.63) is 87.0 Å². The lowest BCUT2D eigenvalue weighted by atomic mass is 9.68. The van der Waals surface area contributed by atoms with Gasteiger partial charge < -0.3 is 10.6 Å². The SMILES string of the molecule is CC1=C(C(=O)Nc2cc(C(F)(F)F)ccc2Cl)[C@@H](c2ccc(F)cc2)C2=C(CC(C)(C)CC2=O)N1. The zero-order valence-corrected chi connectivity index (χ0v) is 20.0. The molecular formula is C26H23ClF4N2O2. The number of allylic oxidation sites excluding steroid dienone is 3. The van der Waals surface area contributed by atoms with Crippen LogP contribution in [0.15, 0.2) is 65.0 Å². The Bertz CT molecular complexity index is 1280. The van der Waals surface area contributed by atoms with Crippen LogP contribution < -0.4 is 10.6 Å². The maximum Gasteiger partial charge on any atom is 0.416 e. The average Bonchev–Trinajstić information content (AvgIpc) is 2.73. The fourth-order valence-corrected chi connectivity index (χ4v) is 4.88. The summed E-state index contributed by atoms with van der Waals surface area (Å²) in [6, 6.07) is 8.13. The zero-order chi connectivity index (χ0) is 25.7. The van der Waals surface area contributed by atoms with Crippen molar-refractivity contribution in [2.75, 3.05) is 5.32 Å². The Labute approximate surface area is 205 Å². The van der Waals surface area contributed by atoms with Crippen molar-refractivity contribution >= 4 is 29.0 Å². The zero-order valence-electron chi connectivity index (χ0n) is 19.2. The number of dihydropyridines is 1. The molecule has 0 fully saturated rings. The van der Waals surface area contributed by atoms with Gasteiger partial charge in [-0.15, -0.1) is 0 Å². The minimum Gasteiger partial charge on any atom is -0.362 e. The summed E-state index contributed by atoms with van der Waals surface area (Å²) < 4.78 is 53.3. The van der Waals surface area contributed by atoms with E-state index in [1.54, 1.807) is 6.92 Å². The summed E-state index contributed by atoms with van der Waals surface area (Å²) in [4.78, 5) is 26.8. The lowest BCUT2D eigenvalue weighted by Gasteiger charge is -2.39. The maximum atomic E-state index is 13.7. The molecule has 0 unspecified atom stereocenters. The number of Topliss-reactive ketones (excluding diaryl/α,β-unsaturated/α-hetero) is 1. The molecule has 1 atom stereocenters. The number of hydrogen-bond acceptors (Lipinski definition) is 3. The van der Waals surface area contributed by atoms with Crippen LogP contribution in [0.5, 0.6) is 0 Å². The average molecular weight is 507 g/mol. The highest BCUT2D eigenvalue weighted by atomic mass is 35.5. The largest absolute Gasteiger partial charge is 0.416 e. The Morgan fingerprint density at radius 2 is 1.77 bits per heavy atom. The third-order valence-electron chi connectivity index (χ3n) is 6.23. The highest BCUT2D eigenvalue weighted by molar-refractivity contribution is 6.34. The van der Waals surface area contributed by atoms with E-state index in [0.717, 1.165) is 18.2 Å². The highest BCUT2D eigenvalue weighted by Crippen LogP contribution is 2.47. The number of amides is 1. The van der Waals surface area contributed by atoms with E-state index in [4.69, 9.17) is 11.6 Å². The van der Waals surface area contributed by atoms with Gasteiger partial charge >= 0.3 is 6.18 Å². The Kier molecular flexibility index (Phi) is 6.30. The predicted octanol–water partition coefficient (Wildman–Crippen LogP) is 6.74. The Balaban J connectivity index is 1.79. The number of carbonyl (C=O) groups excluding carboxylic acids is 2. The number of alkyl halides is 3. The second-order valence-corrected chi connectivity index (χ2v) is 10.0. The predicted molar refractivity (Wildman–Crippen MR) is 125 cm³/mol. The van der Waals surface area contributed by atoms with Gasteiger partial charge in [-0.05, 0) is 54.7 Å². The molecular weight excluding hydrogens is 484 g/mol. The van der Waals surface area contributed by atoms with E-state index in [0.29, 0.717) is 29.0 Å². The van der Waals surface area contributed by atoms with E-state index in [2.05, 4.69) is 10.6 Å². The third kappa shape index (κ3) is 4.98. The number of benzene rings is 2. The molecule has 35 heavy (non-hydrogen) atoms. The van der Waals surface area contributed by atoms with Crippen LogP contribution in [0.25, 0.3) is 0 Å². The Morgan fingerprint density at radius 1 is 1.11 bits per heavy atom. The number of anilines is 1. The number of carbonyl (C=O) groups is 2. The summed E-state index contributed by atoms with van der Waals surface area (Å²) in [6.45, 7) is 5.61. The molecule has 2 aromatic rings. The van der Waals surface area contributed by atoms with E-state index in [9.17, 15) is 27.2 Å². The fourth-order valence-electron chi connectivity index (χ4n) is 4.71. The second kappa shape index (κ2) is 8.82. The van der Waals surface area contributed by atoms with Crippen LogP contribution in [0.3, 0.4) is 0 Å². The van der Waals surface area contributed by atoms with Crippen molar-refractivity contribution in [1.82, 2.24) is 5.32 Å². The standard InChI is InChI=1S/C26H23ClF4N2O2/c1-13-21(24(35)33-18-10-15(26(29,30)31)6-9-17(18)27)22(14-4-7-16(28)8-5-14)23-19(32-13)11-25(2,3)12-20(23)34/h4-10,22,32H,11-12H2,1-3H3,(H,33,35)/t22-/m1/s1. The van der Waals surface area contributed by atoms with E-state index in [-0.39, 0.29) is 33.9 Å². The minimum absolute atomic E-state index is 0.0675. The van der Waals surface area contributed by atoms with Gasteiger partial charge in [0, 0.05) is 34.9 Å². The number of nitrogens with one attached hydrogen (secondary N) is 2. The van der Waals surface area contributed by atoms with E-state index >= 15 is 0 Å². The number of hydrogen-bond donors (Lipinski definition) is 2. The first kappa shape index (κ1) is 25.0. The first-order valence-electron chi connectivity index (χ1n) is 10.9. The smallest absolute Gasteiger partial charge is 0.362 e. The molecule has 2 aliphatic rings. The summed E-state index contributed by atoms with van der Waals surface area (Å²) >= 11 is 6.08. The molecule has 0 spiro atoms. The molecule has 0 saturated carbocycles. The third-order valence-corrected chi connectivity index (χ3v) is 6.56. The highest BCUT2D eigenvalue weighted by Gasteiger charge is 2.43. The van der Waals surface area contributed by atoms with Gasteiger partial charge in [0.05, 0.1) is 16.3 Å². The van der Waals surface area contributed by atoms with E-state index < -0.39 is 29.4 Å². The van der Waals surface area contributed by atoms with Crippen LogP contribution in [-0.2, 0) is 15.8 Å². The first-order chi connectivity index (χ1) is 16.3. The van der Waals surface area contributed by atoms with Gasteiger partial charge in [-0.25, -0.2) is 4.39 Å². The first-order valence-corrected chi connectivity index (χ1v) is 11.3. The summed E-state index contributed by atoms with van der Waals surface area (Å²) in [5, 5.41) is 5.59. The maximum absolute atomic E-state index is 13.7. The fraction of sp³-hybridized carbons (Fsp3) is 0.308. The Morgan fingerprint density at radius 3 is 2.40 bits per heavy atom. The molecule has 1 heterocycles. The molecule has 4 rings (SSSR count). The summed E-state index contributed by atoms with van der Waals surface area (Å²) in [5.74, 6) is -2.15. The lowest BCUT2D eigenvalue weighted by molar-refractivity contribution is -0.137. The van der Waals surface area contributed by atoms with Gasteiger partial charge in [-0.2, -0.15) is 13.2 Å². The second-order valence-electron chi connectivity index (χ2n) is 9.63. The summed E-state index contributed by atoms with van der Waals surface area (Å²) in [5.41, 5.74) is 0.750. The molecule has 0 bridgehead atoms. The van der Waals surface area contributed by atoms with Crippen LogP contribution >= 0.6 is 11.6 Å². The van der Waals surface area contributed by atoms with Gasteiger partial charge in [-0.1, -0.05) is 37.6 Å². The molecule has 184 valence electrons. The molecule has 2 N–H and O–H groups in total. The topological polar surface area (TPSA) is 58.2 Å². The molecule has 1 aliphatic carbocycles. The summed E-state index contributed by atoms with van der Waals surface area (Å²) in [6.07, 6.45) is -3.79. The van der Waals surface area contributed by atoms with Gasteiger partial charge in [0.1, 0.15) is 5.82 Å².